The Kier molecular flexibility index (Phi) is 4.03. The molecule has 0 aromatic rings. The highest BCUT2D eigenvalue weighted by atomic mass is 16.5. The Morgan fingerprint density at radius 1 is 1.65 bits per heavy atom. The number of piperidine rings is 3. The molecule has 2 N–H and O–H groups in total. The average Bonchev–Trinajstić information content (AvgIpc) is 2.37. The van der Waals surface area contributed by atoms with Crippen LogP contribution >= 0.6 is 0 Å². The van der Waals surface area contributed by atoms with E-state index >= 15 is 0 Å². The molecule has 0 aromatic heterocycles. The van der Waals surface area contributed by atoms with Gasteiger partial charge in [-0.25, -0.2) is 0 Å². The molecule has 17 heavy (non-hydrogen) atoms. The number of hydrogen-bond donors (Lipinski definition) is 2. The van der Waals surface area contributed by atoms with Crippen molar-refractivity contribution in [3.05, 3.63) is 0 Å². The lowest BCUT2D eigenvalue weighted by Gasteiger charge is -2.45. The largest absolute Gasteiger partial charge is 0.375 e. The van der Waals surface area contributed by atoms with Crippen LogP contribution in [0.4, 0.5) is 0 Å². The Labute approximate surface area is 103 Å². The van der Waals surface area contributed by atoms with Crippen LogP contribution in [0.5, 0.6) is 0 Å². The van der Waals surface area contributed by atoms with Crippen LogP contribution in [0.25, 0.3) is 0 Å². The van der Waals surface area contributed by atoms with E-state index in [2.05, 4.69) is 11.2 Å². The molecule has 3 saturated heterocycles. The van der Waals surface area contributed by atoms with Crippen molar-refractivity contribution in [2.24, 2.45) is 11.8 Å². The summed E-state index contributed by atoms with van der Waals surface area (Å²) < 4.78 is 4.79. The van der Waals surface area contributed by atoms with Gasteiger partial charge in [-0.1, -0.05) is 5.92 Å². The minimum Gasteiger partial charge on any atom is -0.375 e. The van der Waals surface area contributed by atoms with Crippen LogP contribution < -0.4 is 10.2 Å². The van der Waals surface area contributed by atoms with E-state index in [1.807, 2.05) is 0 Å². The fourth-order valence-electron chi connectivity index (χ4n) is 3.15. The second-order valence-electron chi connectivity index (χ2n) is 5.10. The third-order valence-electron chi connectivity index (χ3n) is 4.09. The first-order chi connectivity index (χ1) is 8.24. The summed E-state index contributed by atoms with van der Waals surface area (Å²) in [6.07, 6.45) is 7.94. The number of carbonyl (C=O) groups is 1. The molecular formula is C13H21N2O2+. The predicted octanol–water partition coefficient (Wildman–Crippen LogP) is -1.32. The first-order valence-corrected chi connectivity index (χ1v) is 6.31. The molecule has 0 radical (unpaired) electrons. The van der Waals surface area contributed by atoms with E-state index in [9.17, 15) is 4.79 Å². The van der Waals surface area contributed by atoms with Crippen molar-refractivity contribution in [2.45, 2.75) is 18.9 Å². The third-order valence-corrected chi connectivity index (χ3v) is 4.09. The number of rotatable bonds is 4. The summed E-state index contributed by atoms with van der Waals surface area (Å²) in [4.78, 5) is 12.9. The molecule has 4 atom stereocenters. The summed E-state index contributed by atoms with van der Waals surface area (Å²) in [7, 11) is 1.54. The van der Waals surface area contributed by atoms with Gasteiger partial charge in [0.15, 0.2) is 0 Å². The molecule has 94 valence electrons. The third kappa shape index (κ3) is 2.80. The minimum absolute atomic E-state index is 0.0250. The van der Waals surface area contributed by atoms with Crippen LogP contribution in [0.1, 0.15) is 12.8 Å². The van der Waals surface area contributed by atoms with E-state index in [-0.39, 0.29) is 12.5 Å². The monoisotopic (exact) mass is 237 g/mol. The maximum Gasteiger partial charge on any atom is 0.246 e. The van der Waals surface area contributed by atoms with Crippen molar-refractivity contribution in [1.82, 2.24) is 5.32 Å². The lowest BCUT2D eigenvalue weighted by Crippen LogP contribution is -3.20. The Balaban J connectivity index is 1.81. The zero-order valence-electron chi connectivity index (χ0n) is 10.4. The van der Waals surface area contributed by atoms with Gasteiger partial charge in [0.25, 0.3) is 0 Å². The van der Waals surface area contributed by atoms with Gasteiger partial charge >= 0.3 is 0 Å². The lowest BCUT2D eigenvalue weighted by atomic mass is 9.76. The molecular weight excluding hydrogens is 216 g/mol. The lowest BCUT2D eigenvalue weighted by molar-refractivity contribution is -0.943. The van der Waals surface area contributed by atoms with Crippen molar-refractivity contribution in [1.29, 1.82) is 0 Å². The first-order valence-electron chi connectivity index (χ1n) is 6.31. The van der Waals surface area contributed by atoms with Crippen LogP contribution in [0.2, 0.25) is 0 Å². The Morgan fingerprint density at radius 2 is 2.47 bits per heavy atom. The number of ether oxygens (including phenoxy) is 1. The summed E-state index contributed by atoms with van der Waals surface area (Å²) in [5.74, 6) is 4.01. The van der Waals surface area contributed by atoms with E-state index in [1.54, 1.807) is 4.90 Å². The molecule has 3 fully saturated rings. The molecule has 0 aromatic carbocycles. The molecule has 4 nitrogen and oxygen atoms in total. The maximum absolute atomic E-state index is 11.3. The molecule has 0 spiro atoms. The average molecular weight is 237 g/mol. The summed E-state index contributed by atoms with van der Waals surface area (Å²) in [5.41, 5.74) is 0. The molecule has 3 heterocycles. The zero-order valence-corrected chi connectivity index (χ0v) is 10.4. The summed E-state index contributed by atoms with van der Waals surface area (Å²) in [5, 5.41) is 2.93. The van der Waals surface area contributed by atoms with E-state index < -0.39 is 0 Å². The van der Waals surface area contributed by atoms with Gasteiger partial charge in [0.05, 0.1) is 25.6 Å². The maximum atomic E-state index is 11.3. The fraction of sp³-hybridized carbons (Fsp3) is 0.769. The Morgan fingerprint density at radius 3 is 3.06 bits per heavy atom. The molecule has 3 rings (SSSR count). The topological polar surface area (TPSA) is 42.8 Å². The van der Waals surface area contributed by atoms with Crippen molar-refractivity contribution >= 4 is 5.91 Å². The van der Waals surface area contributed by atoms with Crippen LogP contribution in [-0.4, -0.2) is 45.3 Å². The number of methoxy groups -OCH3 is 1. The summed E-state index contributed by atoms with van der Waals surface area (Å²) in [6.45, 7) is 3.18. The first kappa shape index (κ1) is 12.4. The van der Waals surface area contributed by atoms with Crippen LogP contribution in [0.3, 0.4) is 0 Å². The standard InChI is InChI=1S/C13H20N2O2/c1-3-10-8-15-5-4-11(10)6-12(15)7-14-13(16)9-17-2/h1,10-12H,4-9H2,2H3,(H,14,16)/p+1/t10-,11-,12+/m0/s1. The van der Waals surface area contributed by atoms with Gasteiger partial charge in [-0.2, -0.15) is 0 Å². The smallest absolute Gasteiger partial charge is 0.246 e. The van der Waals surface area contributed by atoms with Gasteiger partial charge in [0.2, 0.25) is 5.91 Å². The molecule has 4 heteroatoms. The SMILES string of the molecule is C#C[C@H]1C[NH+]2CC[C@H]1C[C@@H]2CNC(=O)COC. The van der Waals surface area contributed by atoms with Crippen LogP contribution in [0, 0.1) is 24.2 Å². The van der Waals surface area contributed by atoms with Gasteiger partial charge in [0.1, 0.15) is 12.6 Å². The van der Waals surface area contributed by atoms with Crippen molar-refractivity contribution < 1.29 is 14.4 Å². The highest BCUT2D eigenvalue weighted by Crippen LogP contribution is 2.25. The molecule has 1 unspecified atom stereocenters. The molecule has 2 bridgehead atoms. The van der Waals surface area contributed by atoms with Crippen LogP contribution in [0.15, 0.2) is 0 Å². The minimum atomic E-state index is -0.0250. The summed E-state index contributed by atoms with van der Waals surface area (Å²) >= 11 is 0. The van der Waals surface area contributed by atoms with Crippen molar-refractivity contribution in [2.75, 3.05) is 33.4 Å². The van der Waals surface area contributed by atoms with Gasteiger partial charge in [-0.3, -0.25) is 4.79 Å². The van der Waals surface area contributed by atoms with Gasteiger partial charge in [-0.15, -0.1) is 6.42 Å². The molecule has 1 amide bonds. The Bertz CT molecular complexity index is 324. The number of amides is 1. The molecule has 3 aliphatic heterocycles. The normalized spacial score (nSPS) is 35.3. The second-order valence-corrected chi connectivity index (χ2v) is 5.10. The van der Waals surface area contributed by atoms with Gasteiger partial charge in [-0.05, 0) is 5.92 Å². The van der Waals surface area contributed by atoms with E-state index in [4.69, 9.17) is 11.2 Å². The number of hydrogen-bond acceptors (Lipinski definition) is 2. The highest BCUT2D eigenvalue weighted by Gasteiger charge is 2.42. The van der Waals surface area contributed by atoms with Crippen molar-refractivity contribution in [3.8, 4) is 12.3 Å². The number of terminal acetylenes is 1. The molecule has 3 aliphatic rings. The number of quaternary nitrogens is 1. The number of nitrogens with one attached hydrogen (secondary N) is 2. The number of carbonyl (C=O) groups excluding carboxylic acids is 1. The van der Waals surface area contributed by atoms with Crippen LogP contribution in [-0.2, 0) is 9.53 Å². The fourth-order valence-corrected chi connectivity index (χ4v) is 3.15. The quantitative estimate of drug-likeness (QED) is 0.595. The molecule has 0 aliphatic carbocycles. The highest BCUT2D eigenvalue weighted by molar-refractivity contribution is 5.77. The van der Waals surface area contributed by atoms with E-state index in [1.165, 1.54) is 20.1 Å². The zero-order chi connectivity index (χ0) is 12.3. The number of fused-ring (bicyclic) bond motifs is 3. The summed E-state index contributed by atoms with van der Waals surface area (Å²) in [6, 6.07) is 0.541. The van der Waals surface area contributed by atoms with Crippen molar-refractivity contribution in [3.63, 3.8) is 0 Å². The molecule has 0 saturated carbocycles. The van der Waals surface area contributed by atoms with E-state index in [0.29, 0.717) is 17.9 Å². The van der Waals surface area contributed by atoms with Gasteiger partial charge < -0.3 is 15.0 Å². The Hall–Kier alpha value is -1.05. The van der Waals surface area contributed by atoms with Gasteiger partial charge in [0, 0.05) is 20.0 Å². The predicted molar refractivity (Wildman–Crippen MR) is 64.4 cm³/mol. The van der Waals surface area contributed by atoms with E-state index in [0.717, 1.165) is 19.5 Å². The second kappa shape index (κ2) is 5.52.